The first kappa shape index (κ1) is 12.1. The van der Waals surface area contributed by atoms with E-state index in [4.69, 9.17) is 10.5 Å². The third kappa shape index (κ3) is 2.87. The van der Waals surface area contributed by atoms with E-state index < -0.39 is 0 Å². The van der Waals surface area contributed by atoms with E-state index in [0.717, 1.165) is 29.3 Å². The summed E-state index contributed by atoms with van der Waals surface area (Å²) >= 11 is 1.65. The van der Waals surface area contributed by atoms with Crippen LogP contribution in [0.25, 0.3) is 0 Å². The first-order valence-corrected chi connectivity index (χ1v) is 6.43. The van der Waals surface area contributed by atoms with Gasteiger partial charge in [0.25, 0.3) is 0 Å². The van der Waals surface area contributed by atoms with E-state index in [1.54, 1.807) is 18.4 Å². The Morgan fingerprint density at radius 2 is 2.41 bits per heavy atom. The number of aromatic nitrogens is 2. The van der Waals surface area contributed by atoms with Gasteiger partial charge in [0.1, 0.15) is 11.6 Å². The number of nitrogens with zero attached hydrogens (tertiary/aromatic N) is 2. The number of hydrogen-bond donors (Lipinski definition) is 1. The number of aryl methyl sites for hydroxylation is 2. The molecule has 0 spiro atoms. The lowest BCUT2D eigenvalue weighted by atomic mass is 10.1. The van der Waals surface area contributed by atoms with Crippen LogP contribution in [0.4, 0.5) is 0 Å². The van der Waals surface area contributed by atoms with Gasteiger partial charge >= 0.3 is 0 Å². The molecule has 0 amide bonds. The van der Waals surface area contributed by atoms with Crippen LogP contribution < -0.4 is 10.5 Å². The molecule has 2 aromatic heterocycles. The van der Waals surface area contributed by atoms with Crippen molar-refractivity contribution in [2.24, 2.45) is 12.8 Å². The quantitative estimate of drug-likeness (QED) is 0.885. The molecular formula is C12H17N3OS. The van der Waals surface area contributed by atoms with Gasteiger partial charge in [-0.05, 0) is 12.5 Å². The highest BCUT2D eigenvalue weighted by molar-refractivity contribution is 7.10. The van der Waals surface area contributed by atoms with Crippen LogP contribution >= 0.6 is 11.3 Å². The summed E-state index contributed by atoms with van der Waals surface area (Å²) in [5, 5.41) is 1.98. The Kier molecular flexibility index (Phi) is 3.81. The average molecular weight is 251 g/mol. The second-order valence-electron chi connectivity index (χ2n) is 3.99. The second kappa shape index (κ2) is 5.33. The molecule has 0 aliphatic carbocycles. The topological polar surface area (TPSA) is 53.1 Å². The van der Waals surface area contributed by atoms with E-state index in [1.807, 2.05) is 35.5 Å². The Morgan fingerprint density at radius 1 is 1.59 bits per heavy atom. The summed E-state index contributed by atoms with van der Waals surface area (Å²) in [4.78, 5) is 5.45. The number of methoxy groups -OCH3 is 1. The van der Waals surface area contributed by atoms with Crippen LogP contribution in [-0.2, 0) is 13.5 Å². The standard InChI is InChI=1S/C12H17N3OS/c1-15-6-5-14-12(15)4-3-10(13)11-7-9(16-2)8-17-11/h5-8,10H,3-4,13H2,1-2H3. The minimum atomic E-state index is 0.0561. The molecule has 0 saturated carbocycles. The zero-order chi connectivity index (χ0) is 12.3. The third-order valence-corrected chi connectivity index (χ3v) is 3.84. The van der Waals surface area contributed by atoms with Gasteiger partial charge in [-0.2, -0.15) is 0 Å². The fourth-order valence-electron chi connectivity index (χ4n) is 1.70. The molecule has 17 heavy (non-hydrogen) atoms. The largest absolute Gasteiger partial charge is 0.496 e. The molecule has 0 fully saturated rings. The molecule has 0 saturated heterocycles. The summed E-state index contributed by atoms with van der Waals surface area (Å²) in [5.74, 6) is 1.96. The molecule has 2 heterocycles. The smallest absolute Gasteiger partial charge is 0.129 e. The van der Waals surface area contributed by atoms with E-state index in [2.05, 4.69) is 4.98 Å². The van der Waals surface area contributed by atoms with E-state index in [-0.39, 0.29) is 6.04 Å². The zero-order valence-electron chi connectivity index (χ0n) is 10.1. The number of rotatable bonds is 5. The Bertz CT molecular complexity index is 478. The molecule has 0 bridgehead atoms. The predicted octanol–water partition coefficient (Wildman–Crippen LogP) is 2.12. The molecule has 5 heteroatoms. The SMILES string of the molecule is COc1csc(C(N)CCc2nccn2C)c1. The van der Waals surface area contributed by atoms with Crippen molar-refractivity contribution in [3.63, 3.8) is 0 Å². The van der Waals surface area contributed by atoms with Crippen molar-refractivity contribution < 1.29 is 4.74 Å². The van der Waals surface area contributed by atoms with Crippen molar-refractivity contribution >= 4 is 11.3 Å². The molecule has 0 aromatic carbocycles. The molecular weight excluding hydrogens is 234 g/mol. The Labute approximate surface area is 105 Å². The Morgan fingerprint density at radius 3 is 3.00 bits per heavy atom. The van der Waals surface area contributed by atoms with Crippen LogP contribution in [0.5, 0.6) is 5.75 Å². The molecule has 0 aliphatic rings. The van der Waals surface area contributed by atoms with Crippen molar-refractivity contribution in [1.82, 2.24) is 9.55 Å². The number of nitrogens with two attached hydrogens (primary N) is 1. The molecule has 92 valence electrons. The van der Waals surface area contributed by atoms with Gasteiger partial charge in [0.15, 0.2) is 0 Å². The van der Waals surface area contributed by atoms with Gasteiger partial charge in [-0.15, -0.1) is 11.3 Å². The highest BCUT2D eigenvalue weighted by Crippen LogP contribution is 2.27. The number of thiophene rings is 1. The fraction of sp³-hybridized carbons (Fsp3) is 0.417. The first-order valence-electron chi connectivity index (χ1n) is 5.55. The van der Waals surface area contributed by atoms with Crippen molar-refractivity contribution in [1.29, 1.82) is 0 Å². The van der Waals surface area contributed by atoms with E-state index in [0.29, 0.717) is 0 Å². The third-order valence-electron chi connectivity index (χ3n) is 2.80. The minimum absolute atomic E-state index is 0.0561. The molecule has 1 atom stereocenters. The molecule has 4 nitrogen and oxygen atoms in total. The highest BCUT2D eigenvalue weighted by Gasteiger charge is 2.11. The van der Waals surface area contributed by atoms with E-state index in [9.17, 15) is 0 Å². The van der Waals surface area contributed by atoms with Crippen LogP contribution in [0.3, 0.4) is 0 Å². The molecule has 1 unspecified atom stereocenters. The normalized spacial score (nSPS) is 12.6. The van der Waals surface area contributed by atoms with Gasteiger partial charge in [-0.3, -0.25) is 0 Å². The van der Waals surface area contributed by atoms with Crippen molar-refractivity contribution in [2.45, 2.75) is 18.9 Å². The van der Waals surface area contributed by atoms with Gasteiger partial charge in [0.05, 0.1) is 7.11 Å². The monoisotopic (exact) mass is 251 g/mol. The number of hydrogen-bond acceptors (Lipinski definition) is 4. The van der Waals surface area contributed by atoms with E-state index >= 15 is 0 Å². The molecule has 2 rings (SSSR count). The molecule has 2 N–H and O–H groups in total. The lowest BCUT2D eigenvalue weighted by Gasteiger charge is -2.08. The maximum atomic E-state index is 6.15. The van der Waals surface area contributed by atoms with Crippen molar-refractivity contribution in [3.8, 4) is 5.75 Å². The van der Waals surface area contributed by atoms with Crippen LogP contribution in [-0.4, -0.2) is 16.7 Å². The van der Waals surface area contributed by atoms with Crippen LogP contribution in [0, 0.1) is 0 Å². The average Bonchev–Trinajstić information content (AvgIpc) is 2.94. The predicted molar refractivity (Wildman–Crippen MR) is 69.3 cm³/mol. The van der Waals surface area contributed by atoms with Gasteiger partial charge < -0.3 is 15.0 Å². The van der Waals surface area contributed by atoms with Gasteiger partial charge in [-0.1, -0.05) is 0 Å². The summed E-state index contributed by atoms with van der Waals surface area (Å²) in [6.07, 6.45) is 5.56. The molecule has 2 aromatic rings. The highest BCUT2D eigenvalue weighted by atomic mass is 32.1. The lowest BCUT2D eigenvalue weighted by Crippen LogP contribution is -2.11. The van der Waals surface area contributed by atoms with Crippen LogP contribution in [0.2, 0.25) is 0 Å². The summed E-state index contributed by atoms with van der Waals surface area (Å²) in [6, 6.07) is 2.06. The first-order chi connectivity index (χ1) is 8.20. The van der Waals surface area contributed by atoms with Gasteiger partial charge in [-0.25, -0.2) is 4.98 Å². The van der Waals surface area contributed by atoms with Crippen molar-refractivity contribution in [3.05, 3.63) is 34.5 Å². The fourth-order valence-corrected chi connectivity index (χ4v) is 2.59. The van der Waals surface area contributed by atoms with Crippen molar-refractivity contribution in [2.75, 3.05) is 7.11 Å². The Hall–Kier alpha value is -1.33. The lowest BCUT2D eigenvalue weighted by molar-refractivity contribution is 0.416. The summed E-state index contributed by atoms with van der Waals surface area (Å²) in [7, 11) is 3.67. The second-order valence-corrected chi connectivity index (χ2v) is 4.93. The zero-order valence-corrected chi connectivity index (χ0v) is 10.9. The van der Waals surface area contributed by atoms with Gasteiger partial charge in [0, 0.05) is 42.2 Å². The number of ether oxygens (including phenoxy) is 1. The molecule has 0 radical (unpaired) electrons. The molecule has 0 aliphatic heterocycles. The minimum Gasteiger partial charge on any atom is -0.496 e. The summed E-state index contributed by atoms with van der Waals surface area (Å²) in [5.41, 5.74) is 6.15. The maximum absolute atomic E-state index is 6.15. The summed E-state index contributed by atoms with van der Waals surface area (Å²) < 4.78 is 7.18. The Balaban J connectivity index is 1.93. The maximum Gasteiger partial charge on any atom is 0.129 e. The van der Waals surface area contributed by atoms with Gasteiger partial charge in [0.2, 0.25) is 0 Å². The van der Waals surface area contributed by atoms with Crippen LogP contribution in [0.1, 0.15) is 23.2 Å². The number of imidazole rings is 1. The van der Waals surface area contributed by atoms with Crippen LogP contribution in [0.15, 0.2) is 23.8 Å². The van der Waals surface area contributed by atoms with E-state index in [1.165, 1.54) is 0 Å². The summed E-state index contributed by atoms with van der Waals surface area (Å²) in [6.45, 7) is 0.